The Morgan fingerprint density at radius 1 is 0.556 bits per heavy atom. The molecule has 0 aliphatic rings. The molecule has 1 aromatic heterocycles. The van der Waals surface area contributed by atoms with Gasteiger partial charge in [-0.15, -0.1) is 0 Å². The van der Waals surface area contributed by atoms with E-state index >= 15 is 0 Å². The van der Waals surface area contributed by atoms with E-state index in [9.17, 15) is 0 Å². The van der Waals surface area contributed by atoms with Gasteiger partial charge < -0.3 is 34.9 Å². The first kappa shape index (κ1) is 24.9. The molecule has 1 heterocycles. The van der Waals surface area contributed by atoms with Gasteiger partial charge in [-0.3, -0.25) is 0 Å². The fourth-order valence-corrected chi connectivity index (χ4v) is 3.53. The number of halogens is 1. The number of ether oxygens (including phenoxy) is 4. The van der Waals surface area contributed by atoms with Crippen LogP contribution in [0, 0.1) is 0 Å². The first-order valence-corrected chi connectivity index (χ1v) is 11.6. The molecule has 11 heteroatoms. The van der Waals surface area contributed by atoms with Gasteiger partial charge in [-0.25, -0.2) is 0 Å². The number of rotatable bonds is 10. The van der Waals surface area contributed by atoms with Crippen LogP contribution in [0.5, 0.6) is 23.0 Å². The number of hydrogen-bond donors (Lipinski definition) is 3. The highest BCUT2D eigenvalue weighted by atomic mass is 79.9. The van der Waals surface area contributed by atoms with Crippen molar-refractivity contribution in [1.29, 1.82) is 0 Å². The number of anilines is 6. The molecule has 3 N–H and O–H groups in total. The Hall–Kier alpha value is -4.25. The van der Waals surface area contributed by atoms with Crippen molar-refractivity contribution < 1.29 is 18.9 Å². The lowest BCUT2D eigenvalue weighted by atomic mass is 10.2. The van der Waals surface area contributed by atoms with E-state index in [4.69, 9.17) is 18.9 Å². The van der Waals surface area contributed by atoms with Crippen molar-refractivity contribution in [3.05, 3.63) is 65.1 Å². The molecule has 0 radical (unpaired) electrons. The minimum atomic E-state index is 0.278. The quantitative estimate of drug-likeness (QED) is 0.220. The average molecular weight is 553 g/mol. The number of aromatic nitrogens is 3. The van der Waals surface area contributed by atoms with E-state index < -0.39 is 0 Å². The monoisotopic (exact) mass is 552 g/mol. The highest BCUT2D eigenvalue weighted by Gasteiger charge is 2.13. The zero-order chi connectivity index (χ0) is 25.5. The molecule has 3 aromatic carbocycles. The topological polar surface area (TPSA) is 112 Å². The molecule has 0 amide bonds. The lowest BCUT2D eigenvalue weighted by molar-refractivity contribution is 0.404. The second-order valence-corrected chi connectivity index (χ2v) is 8.24. The number of nitrogens with one attached hydrogen (secondary N) is 3. The summed E-state index contributed by atoms with van der Waals surface area (Å²) in [5.74, 6) is 3.38. The third kappa shape index (κ3) is 6.05. The SMILES string of the molecule is COc1ccc(OC)c(Nc2nc(Nc3ccc(Br)cc3)nc(Nc3cc(OC)ccc3OC)n2)c1. The number of benzene rings is 3. The van der Waals surface area contributed by atoms with E-state index in [2.05, 4.69) is 46.8 Å². The lowest BCUT2D eigenvalue weighted by Crippen LogP contribution is -2.08. The van der Waals surface area contributed by atoms with Crippen LogP contribution < -0.4 is 34.9 Å². The third-order valence-electron chi connectivity index (χ3n) is 5.04. The smallest absolute Gasteiger partial charge is 0.233 e. The Balaban J connectivity index is 1.73. The Morgan fingerprint density at radius 3 is 1.42 bits per heavy atom. The van der Waals surface area contributed by atoms with Crippen molar-refractivity contribution in [2.45, 2.75) is 0 Å². The maximum Gasteiger partial charge on any atom is 0.233 e. The molecule has 186 valence electrons. The van der Waals surface area contributed by atoms with Crippen molar-refractivity contribution in [2.75, 3.05) is 44.4 Å². The van der Waals surface area contributed by atoms with Crippen molar-refractivity contribution >= 4 is 50.8 Å². The van der Waals surface area contributed by atoms with Crippen LogP contribution in [0.15, 0.2) is 65.1 Å². The first-order valence-electron chi connectivity index (χ1n) is 10.8. The van der Waals surface area contributed by atoms with Crippen molar-refractivity contribution in [1.82, 2.24) is 15.0 Å². The molecule has 0 bridgehead atoms. The molecule has 36 heavy (non-hydrogen) atoms. The minimum Gasteiger partial charge on any atom is -0.497 e. The molecule has 4 rings (SSSR count). The molecular formula is C25H25BrN6O4. The van der Waals surface area contributed by atoms with Gasteiger partial charge in [0.25, 0.3) is 0 Å². The molecule has 0 atom stereocenters. The molecule has 10 nitrogen and oxygen atoms in total. The van der Waals surface area contributed by atoms with Crippen LogP contribution in [-0.4, -0.2) is 43.4 Å². The van der Waals surface area contributed by atoms with Crippen molar-refractivity contribution in [2.24, 2.45) is 0 Å². The van der Waals surface area contributed by atoms with Gasteiger partial charge in [-0.2, -0.15) is 15.0 Å². The molecule has 0 fully saturated rings. The largest absolute Gasteiger partial charge is 0.497 e. The second-order valence-electron chi connectivity index (χ2n) is 7.32. The number of hydrogen-bond acceptors (Lipinski definition) is 10. The van der Waals surface area contributed by atoms with Crippen LogP contribution in [-0.2, 0) is 0 Å². The molecule has 0 saturated heterocycles. The van der Waals surface area contributed by atoms with E-state index in [1.54, 1.807) is 64.8 Å². The van der Waals surface area contributed by atoms with Gasteiger partial charge in [0.15, 0.2) is 0 Å². The van der Waals surface area contributed by atoms with E-state index in [1.165, 1.54) is 0 Å². The van der Waals surface area contributed by atoms with Crippen molar-refractivity contribution in [3.8, 4) is 23.0 Å². The molecule has 0 aliphatic heterocycles. The Morgan fingerprint density at radius 2 is 1.00 bits per heavy atom. The van der Waals surface area contributed by atoms with Gasteiger partial charge in [0.2, 0.25) is 17.8 Å². The van der Waals surface area contributed by atoms with Gasteiger partial charge in [-0.1, -0.05) is 15.9 Å². The van der Waals surface area contributed by atoms with Crippen molar-refractivity contribution in [3.63, 3.8) is 0 Å². The van der Waals surface area contributed by atoms with Crippen LogP contribution in [0.3, 0.4) is 0 Å². The highest BCUT2D eigenvalue weighted by Crippen LogP contribution is 2.33. The predicted octanol–water partition coefficient (Wildman–Crippen LogP) is 5.90. The summed E-state index contributed by atoms with van der Waals surface area (Å²) in [4.78, 5) is 13.7. The maximum absolute atomic E-state index is 5.48. The molecule has 0 saturated carbocycles. The summed E-state index contributed by atoms with van der Waals surface area (Å²) in [6, 6.07) is 18.4. The molecule has 0 aliphatic carbocycles. The van der Waals surface area contributed by atoms with Crippen LogP contribution in [0.1, 0.15) is 0 Å². The second kappa shape index (κ2) is 11.5. The standard InChI is InChI=1S/C25H25BrN6O4/c1-33-17-9-11-21(35-3)19(13-17)28-24-30-23(27-16-7-5-15(26)6-8-16)31-25(32-24)29-20-14-18(34-2)10-12-22(20)36-4/h5-14H,1-4H3,(H3,27,28,29,30,31,32). The van der Waals surface area contributed by atoms with E-state index in [0.29, 0.717) is 40.3 Å². The van der Waals surface area contributed by atoms with E-state index in [-0.39, 0.29) is 11.9 Å². The molecular weight excluding hydrogens is 528 g/mol. The van der Waals surface area contributed by atoms with Crippen LogP contribution in [0.4, 0.5) is 34.9 Å². The number of methoxy groups -OCH3 is 4. The fraction of sp³-hybridized carbons (Fsp3) is 0.160. The molecule has 4 aromatic rings. The summed E-state index contributed by atoms with van der Waals surface area (Å²) in [5.41, 5.74) is 2.06. The van der Waals surface area contributed by atoms with Crippen LogP contribution in [0.25, 0.3) is 0 Å². The summed E-state index contributed by atoms with van der Waals surface area (Å²) in [6.45, 7) is 0. The van der Waals surface area contributed by atoms with E-state index in [0.717, 1.165) is 10.2 Å². The van der Waals surface area contributed by atoms with E-state index in [1.807, 2.05) is 24.3 Å². The summed E-state index contributed by atoms with van der Waals surface area (Å²) in [6.07, 6.45) is 0. The van der Waals surface area contributed by atoms with Gasteiger partial charge >= 0.3 is 0 Å². The molecule has 0 spiro atoms. The summed E-state index contributed by atoms with van der Waals surface area (Å²) < 4.78 is 22.6. The summed E-state index contributed by atoms with van der Waals surface area (Å²) >= 11 is 3.45. The predicted molar refractivity (Wildman–Crippen MR) is 143 cm³/mol. The normalized spacial score (nSPS) is 10.4. The van der Waals surface area contributed by atoms with Gasteiger partial charge in [0.05, 0.1) is 39.8 Å². The van der Waals surface area contributed by atoms with Gasteiger partial charge in [0.1, 0.15) is 23.0 Å². The summed E-state index contributed by atoms with van der Waals surface area (Å²) in [5, 5.41) is 9.61. The summed E-state index contributed by atoms with van der Waals surface area (Å²) in [7, 11) is 6.36. The zero-order valence-corrected chi connectivity index (χ0v) is 21.7. The Kier molecular flexibility index (Phi) is 7.91. The Labute approximate surface area is 217 Å². The first-order chi connectivity index (χ1) is 17.5. The third-order valence-corrected chi connectivity index (χ3v) is 5.57. The van der Waals surface area contributed by atoms with Crippen LogP contribution in [0.2, 0.25) is 0 Å². The highest BCUT2D eigenvalue weighted by molar-refractivity contribution is 9.10. The van der Waals surface area contributed by atoms with Gasteiger partial charge in [-0.05, 0) is 48.5 Å². The average Bonchev–Trinajstić information content (AvgIpc) is 2.89. The van der Waals surface area contributed by atoms with Crippen LogP contribution >= 0.6 is 15.9 Å². The minimum absolute atomic E-state index is 0.278. The van der Waals surface area contributed by atoms with Gasteiger partial charge in [0, 0.05) is 22.3 Å². The molecule has 0 unspecified atom stereocenters. The fourth-order valence-electron chi connectivity index (χ4n) is 3.27. The lowest BCUT2D eigenvalue weighted by Gasteiger charge is -2.15. The Bertz CT molecular complexity index is 1260. The number of nitrogens with zero attached hydrogens (tertiary/aromatic N) is 3. The maximum atomic E-state index is 5.48. The zero-order valence-electron chi connectivity index (χ0n) is 20.1.